The molecule has 0 unspecified atom stereocenters. The molecule has 4 heteroatoms. The van der Waals surface area contributed by atoms with Crippen molar-refractivity contribution in [3.05, 3.63) is 0 Å². The van der Waals surface area contributed by atoms with Crippen LogP contribution in [0.1, 0.15) is 80.1 Å². The van der Waals surface area contributed by atoms with Crippen LogP contribution in [0.25, 0.3) is 0 Å². The molecule has 3 fully saturated rings. The molecule has 0 N–H and O–H groups in total. The lowest BCUT2D eigenvalue weighted by atomic mass is 9.67. The SMILES string of the molecule is CC(C)(C)OC1CC(OCC2CC(OCCOC3CC(C(C)(C)C)C3)C2)C1. The van der Waals surface area contributed by atoms with Crippen LogP contribution >= 0.6 is 0 Å². The topological polar surface area (TPSA) is 36.9 Å². The molecule has 0 aromatic heterocycles. The summed E-state index contributed by atoms with van der Waals surface area (Å²) in [6.07, 6.45) is 8.51. The molecule has 3 rings (SSSR count). The first-order valence-corrected chi connectivity index (χ1v) is 11.1. The first-order chi connectivity index (χ1) is 12.6. The van der Waals surface area contributed by atoms with Crippen molar-refractivity contribution >= 4 is 0 Å². The van der Waals surface area contributed by atoms with Gasteiger partial charge in [-0.25, -0.2) is 0 Å². The van der Waals surface area contributed by atoms with Gasteiger partial charge in [-0.3, -0.25) is 0 Å². The second-order valence-electron chi connectivity index (χ2n) is 11.1. The maximum absolute atomic E-state index is 6.03. The summed E-state index contributed by atoms with van der Waals surface area (Å²) in [5.41, 5.74) is 0.393. The summed E-state index contributed by atoms with van der Waals surface area (Å²) in [7, 11) is 0. The van der Waals surface area contributed by atoms with Crippen molar-refractivity contribution in [2.75, 3.05) is 19.8 Å². The van der Waals surface area contributed by atoms with Crippen LogP contribution < -0.4 is 0 Å². The maximum atomic E-state index is 6.03. The van der Waals surface area contributed by atoms with Gasteiger partial charge in [-0.05, 0) is 76.5 Å². The summed E-state index contributed by atoms with van der Waals surface area (Å²) < 4.78 is 23.9. The maximum Gasteiger partial charge on any atom is 0.0704 e. The predicted octanol–water partition coefficient (Wildman–Crippen LogP) is 4.99. The molecule has 158 valence electrons. The molecule has 0 aliphatic heterocycles. The van der Waals surface area contributed by atoms with Crippen LogP contribution in [0.2, 0.25) is 0 Å². The fraction of sp³-hybridized carbons (Fsp3) is 1.00. The highest BCUT2D eigenvalue weighted by Gasteiger charge is 2.38. The third-order valence-electron chi connectivity index (χ3n) is 6.44. The Hall–Kier alpha value is -0.160. The third-order valence-corrected chi connectivity index (χ3v) is 6.44. The summed E-state index contributed by atoms with van der Waals surface area (Å²) in [4.78, 5) is 0. The molecule has 0 spiro atoms. The van der Waals surface area contributed by atoms with Crippen LogP contribution in [0.5, 0.6) is 0 Å². The monoisotopic (exact) mass is 382 g/mol. The van der Waals surface area contributed by atoms with Gasteiger partial charge >= 0.3 is 0 Å². The number of rotatable bonds is 9. The summed E-state index contributed by atoms with van der Waals surface area (Å²) in [6, 6.07) is 0. The van der Waals surface area contributed by atoms with E-state index in [1.807, 2.05) is 0 Å². The van der Waals surface area contributed by atoms with E-state index >= 15 is 0 Å². The van der Waals surface area contributed by atoms with Gasteiger partial charge in [0.25, 0.3) is 0 Å². The summed E-state index contributed by atoms with van der Waals surface area (Å²) in [5.74, 6) is 1.50. The Balaban J connectivity index is 1.12. The Labute approximate surface area is 166 Å². The molecule has 0 amide bonds. The van der Waals surface area contributed by atoms with Crippen molar-refractivity contribution in [3.63, 3.8) is 0 Å². The van der Waals surface area contributed by atoms with E-state index < -0.39 is 0 Å². The third kappa shape index (κ3) is 6.69. The van der Waals surface area contributed by atoms with E-state index in [1.54, 1.807) is 0 Å². The average Bonchev–Trinajstić information content (AvgIpc) is 2.39. The molecule has 27 heavy (non-hydrogen) atoms. The standard InChI is InChI=1S/C23H42O4/c1-22(2,3)17-11-19(12-17)25-8-7-24-18-9-16(10-18)15-26-20-13-21(14-20)27-23(4,5)6/h16-21H,7-15H2,1-6H3. The molecule has 0 heterocycles. The zero-order valence-corrected chi connectivity index (χ0v) is 18.5. The molecule has 0 bridgehead atoms. The van der Waals surface area contributed by atoms with Crippen molar-refractivity contribution in [3.8, 4) is 0 Å². The molecular formula is C23H42O4. The van der Waals surface area contributed by atoms with Crippen LogP contribution in [0.3, 0.4) is 0 Å². The molecule has 0 atom stereocenters. The molecule has 0 radical (unpaired) electrons. The fourth-order valence-corrected chi connectivity index (χ4v) is 4.31. The number of hydrogen-bond acceptors (Lipinski definition) is 4. The van der Waals surface area contributed by atoms with Gasteiger partial charge in [0, 0.05) is 6.61 Å². The largest absolute Gasteiger partial charge is 0.378 e. The molecule has 0 aromatic rings. The van der Waals surface area contributed by atoms with Gasteiger partial charge in [0.2, 0.25) is 0 Å². The Morgan fingerprint density at radius 1 is 0.630 bits per heavy atom. The van der Waals surface area contributed by atoms with Gasteiger partial charge in [0.1, 0.15) is 0 Å². The van der Waals surface area contributed by atoms with E-state index in [-0.39, 0.29) is 5.60 Å². The highest BCUT2D eigenvalue weighted by Crippen LogP contribution is 2.42. The Bertz CT molecular complexity index is 446. The number of hydrogen-bond donors (Lipinski definition) is 0. The van der Waals surface area contributed by atoms with Gasteiger partial charge in [0.05, 0.1) is 43.2 Å². The van der Waals surface area contributed by atoms with Gasteiger partial charge in [-0.2, -0.15) is 0 Å². The normalized spacial score (nSPS) is 36.7. The van der Waals surface area contributed by atoms with E-state index in [1.165, 1.54) is 12.8 Å². The molecule has 0 saturated heterocycles. The molecule has 3 aliphatic carbocycles. The smallest absolute Gasteiger partial charge is 0.0704 e. The van der Waals surface area contributed by atoms with Crippen molar-refractivity contribution in [2.45, 2.75) is 110 Å². The Morgan fingerprint density at radius 3 is 1.67 bits per heavy atom. The summed E-state index contributed by atoms with van der Waals surface area (Å²) in [5, 5.41) is 0. The summed E-state index contributed by atoms with van der Waals surface area (Å²) in [6.45, 7) is 15.7. The van der Waals surface area contributed by atoms with E-state index in [0.717, 1.165) is 51.4 Å². The van der Waals surface area contributed by atoms with Crippen molar-refractivity contribution in [1.82, 2.24) is 0 Å². The van der Waals surface area contributed by atoms with Crippen LogP contribution in [0.4, 0.5) is 0 Å². The average molecular weight is 383 g/mol. The van der Waals surface area contributed by atoms with Crippen LogP contribution in [0, 0.1) is 17.3 Å². The van der Waals surface area contributed by atoms with Crippen LogP contribution in [-0.4, -0.2) is 49.8 Å². The lowest BCUT2D eigenvalue weighted by Gasteiger charge is -2.43. The van der Waals surface area contributed by atoms with Crippen LogP contribution in [0.15, 0.2) is 0 Å². The Morgan fingerprint density at radius 2 is 1.15 bits per heavy atom. The van der Waals surface area contributed by atoms with E-state index in [4.69, 9.17) is 18.9 Å². The zero-order valence-electron chi connectivity index (χ0n) is 18.5. The molecule has 3 saturated carbocycles. The second kappa shape index (κ2) is 8.69. The van der Waals surface area contributed by atoms with Gasteiger partial charge in [-0.15, -0.1) is 0 Å². The summed E-state index contributed by atoms with van der Waals surface area (Å²) >= 11 is 0. The van der Waals surface area contributed by atoms with Crippen molar-refractivity contribution < 1.29 is 18.9 Å². The van der Waals surface area contributed by atoms with E-state index in [0.29, 0.717) is 35.7 Å². The fourth-order valence-electron chi connectivity index (χ4n) is 4.31. The molecule has 0 aromatic carbocycles. The van der Waals surface area contributed by atoms with Crippen molar-refractivity contribution in [1.29, 1.82) is 0 Å². The predicted molar refractivity (Wildman–Crippen MR) is 108 cm³/mol. The zero-order chi connectivity index (χ0) is 19.7. The minimum absolute atomic E-state index is 0.0369. The molecule has 3 aliphatic rings. The Kier molecular flexibility index (Phi) is 6.93. The first-order valence-electron chi connectivity index (χ1n) is 11.1. The first kappa shape index (κ1) is 21.5. The van der Waals surface area contributed by atoms with E-state index in [9.17, 15) is 0 Å². The lowest BCUT2D eigenvalue weighted by Crippen LogP contribution is -2.43. The molecule has 4 nitrogen and oxygen atoms in total. The van der Waals surface area contributed by atoms with Gasteiger partial charge in [-0.1, -0.05) is 20.8 Å². The highest BCUT2D eigenvalue weighted by molar-refractivity contribution is 4.88. The van der Waals surface area contributed by atoms with E-state index in [2.05, 4.69) is 41.5 Å². The highest BCUT2D eigenvalue weighted by atomic mass is 16.5. The van der Waals surface area contributed by atoms with Gasteiger partial charge < -0.3 is 18.9 Å². The van der Waals surface area contributed by atoms with Gasteiger partial charge in [0.15, 0.2) is 0 Å². The quantitative estimate of drug-likeness (QED) is 0.527. The van der Waals surface area contributed by atoms with Crippen LogP contribution in [-0.2, 0) is 18.9 Å². The van der Waals surface area contributed by atoms with Crippen molar-refractivity contribution in [2.24, 2.45) is 17.3 Å². The number of ether oxygens (including phenoxy) is 4. The lowest BCUT2D eigenvalue weighted by molar-refractivity contribution is -0.160. The second-order valence-corrected chi connectivity index (χ2v) is 11.1. The minimum atomic E-state index is -0.0369. The minimum Gasteiger partial charge on any atom is -0.378 e. The molecular weight excluding hydrogens is 340 g/mol.